The molecule has 0 saturated carbocycles. The zero-order chi connectivity index (χ0) is 28.8. The van der Waals surface area contributed by atoms with E-state index in [2.05, 4.69) is 28.1 Å². The lowest BCUT2D eigenvalue weighted by atomic mass is 10.2. The highest BCUT2D eigenvalue weighted by Gasteiger charge is 2.23. The van der Waals surface area contributed by atoms with E-state index in [0.29, 0.717) is 29.2 Å². The van der Waals surface area contributed by atoms with E-state index in [4.69, 9.17) is 10.5 Å². The number of guanidine groups is 1. The number of hydrogen-bond donors (Lipinski definition) is 2. The van der Waals surface area contributed by atoms with Crippen molar-refractivity contribution in [1.29, 1.82) is 0 Å². The number of hydrogen-bond acceptors (Lipinski definition) is 7. The molecule has 3 amide bonds. The van der Waals surface area contributed by atoms with Crippen molar-refractivity contribution < 1.29 is 19.1 Å². The van der Waals surface area contributed by atoms with Crippen LogP contribution in [0.2, 0.25) is 0 Å². The first-order chi connectivity index (χ1) is 18.8. The summed E-state index contributed by atoms with van der Waals surface area (Å²) in [6.45, 7) is 6.46. The van der Waals surface area contributed by atoms with Crippen molar-refractivity contribution in [2.24, 2.45) is 10.7 Å². The second-order valence-corrected chi connectivity index (χ2v) is 10.2. The molecule has 210 valence electrons. The predicted molar refractivity (Wildman–Crippen MR) is 154 cm³/mol. The van der Waals surface area contributed by atoms with Crippen LogP contribution in [-0.2, 0) is 9.59 Å². The molecule has 2 fully saturated rings. The molecule has 2 aromatic rings. The Morgan fingerprint density at radius 3 is 2.31 bits per heavy atom. The number of ether oxygens (including phenoxy) is 1. The molecule has 0 unspecified atom stereocenters. The van der Waals surface area contributed by atoms with Gasteiger partial charge >= 0.3 is 0 Å². The third kappa shape index (κ3) is 10.1. The minimum absolute atomic E-state index is 0.0376. The molecule has 0 bridgehead atoms. The smallest absolute Gasteiger partial charge is 0.269 e. The maximum Gasteiger partial charge on any atom is 0.269 e. The van der Waals surface area contributed by atoms with Gasteiger partial charge < -0.3 is 20.3 Å². The van der Waals surface area contributed by atoms with Gasteiger partial charge in [0.2, 0.25) is 17.8 Å². The van der Waals surface area contributed by atoms with Gasteiger partial charge in [0.25, 0.3) is 5.91 Å². The normalized spacial score (nSPS) is 15.3. The Labute approximate surface area is 234 Å². The summed E-state index contributed by atoms with van der Waals surface area (Å²) >= 11 is 1.33. The second kappa shape index (κ2) is 16.1. The Hall–Kier alpha value is -3.91. The van der Waals surface area contributed by atoms with Crippen molar-refractivity contribution in [3.63, 3.8) is 0 Å². The molecule has 10 nitrogen and oxygen atoms in total. The molecule has 39 heavy (non-hydrogen) atoms. The van der Waals surface area contributed by atoms with Gasteiger partial charge in [-0.1, -0.05) is 6.42 Å². The molecule has 0 aliphatic carbocycles. The van der Waals surface area contributed by atoms with Crippen LogP contribution in [-0.4, -0.2) is 71.8 Å². The largest absolute Gasteiger partial charge is 0.497 e. The van der Waals surface area contributed by atoms with Crippen LogP contribution in [0.25, 0.3) is 0 Å². The van der Waals surface area contributed by atoms with E-state index in [0.717, 1.165) is 62.5 Å². The molecule has 2 saturated heterocycles. The van der Waals surface area contributed by atoms with Crippen molar-refractivity contribution >= 4 is 40.7 Å². The second-order valence-electron chi connectivity index (χ2n) is 9.01. The first kappa shape index (κ1) is 31.3. The molecule has 0 spiro atoms. The number of methoxy groups -OCH3 is 1. The maximum absolute atomic E-state index is 12.1. The van der Waals surface area contributed by atoms with E-state index in [1.807, 2.05) is 11.8 Å². The highest BCUT2D eigenvalue weighted by molar-refractivity contribution is 7.13. The minimum atomic E-state index is -0.298. The van der Waals surface area contributed by atoms with Crippen LogP contribution < -0.4 is 15.8 Å². The summed E-state index contributed by atoms with van der Waals surface area (Å²) in [7, 11) is 1.59. The number of carbonyl (C=O) groups excluding carboxylic acids is 3. The minimum Gasteiger partial charge on any atom is -0.497 e. The van der Waals surface area contributed by atoms with Gasteiger partial charge in [-0.3, -0.25) is 19.7 Å². The van der Waals surface area contributed by atoms with Gasteiger partial charge in [0.05, 0.1) is 30.0 Å². The third-order valence-corrected chi connectivity index (χ3v) is 7.20. The lowest BCUT2D eigenvalue weighted by Crippen LogP contribution is -2.41. The number of amides is 3. The molecule has 2 aliphatic heterocycles. The molecule has 2 aliphatic rings. The van der Waals surface area contributed by atoms with Crippen LogP contribution in [0, 0.1) is 26.7 Å². The van der Waals surface area contributed by atoms with Gasteiger partial charge in [-0.05, 0) is 63.8 Å². The van der Waals surface area contributed by atoms with E-state index in [9.17, 15) is 14.4 Å². The lowest BCUT2D eigenvalue weighted by molar-refractivity contribution is -0.139. The predicted octanol–water partition coefficient (Wildman–Crippen LogP) is 3.41. The van der Waals surface area contributed by atoms with Crippen molar-refractivity contribution in [2.45, 2.75) is 52.4 Å². The monoisotopic (exact) mass is 554 g/mol. The summed E-state index contributed by atoms with van der Waals surface area (Å²) in [6.07, 6.45) is 14.0. The van der Waals surface area contributed by atoms with Gasteiger partial charge in [0.15, 0.2) is 0 Å². The number of aryl methyl sites for hydroxylation is 2. The number of terminal acetylenes is 1. The van der Waals surface area contributed by atoms with Crippen LogP contribution in [0.3, 0.4) is 0 Å². The molecule has 11 heteroatoms. The summed E-state index contributed by atoms with van der Waals surface area (Å²) < 4.78 is 5.06. The number of rotatable bonds is 5. The maximum atomic E-state index is 12.1. The number of nitrogens with one attached hydrogen (secondary N) is 1. The van der Waals surface area contributed by atoms with Crippen molar-refractivity contribution in [1.82, 2.24) is 20.1 Å². The zero-order valence-corrected chi connectivity index (χ0v) is 23.8. The average molecular weight is 555 g/mol. The standard InChI is InChI=1S/C14H16N4O2S.C12H20N2O2.C2H2/c1-8-12(21-9(2)16-8)13(19)18-14(15)17-10-4-6-11(20-3)7-5-10;15-11-6-2-1-3-9-14(11)10-12(16)13-7-4-5-8-13;1-2/h4-7H,1-3H3,(H3,15,17,18,19);1-10H2;1-2H. The first-order valence-electron chi connectivity index (χ1n) is 12.9. The summed E-state index contributed by atoms with van der Waals surface area (Å²) in [6, 6.07) is 7.04. The molecular weight excluding hydrogens is 516 g/mol. The fourth-order valence-corrected chi connectivity index (χ4v) is 4.99. The summed E-state index contributed by atoms with van der Waals surface area (Å²) in [4.78, 5) is 48.2. The highest BCUT2D eigenvalue weighted by atomic mass is 32.1. The number of benzene rings is 1. The third-order valence-electron chi connectivity index (χ3n) is 6.13. The number of likely N-dealkylation sites (tertiary alicyclic amines) is 2. The number of carbonyl (C=O) groups is 3. The van der Waals surface area contributed by atoms with Gasteiger partial charge in [0, 0.05) is 26.1 Å². The van der Waals surface area contributed by atoms with Gasteiger partial charge in [-0.2, -0.15) is 0 Å². The lowest BCUT2D eigenvalue weighted by Gasteiger charge is -2.23. The Balaban J connectivity index is 0.000000265. The zero-order valence-electron chi connectivity index (χ0n) is 22.9. The van der Waals surface area contributed by atoms with E-state index < -0.39 is 0 Å². The Bertz CT molecular complexity index is 1150. The van der Waals surface area contributed by atoms with Gasteiger partial charge in [0.1, 0.15) is 10.6 Å². The van der Waals surface area contributed by atoms with Gasteiger partial charge in [-0.15, -0.1) is 24.2 Å². The first-order valence-corrected chi connectivity index (χ1v) is 13.7. The van der Waals surface area contributed by atoms with Crippen molar-refractivity contribution in [3.05, 3.63) is 39.8 Å². The van der Waals surface area contributed by atoms with E-state index in [-0.39, 0.29) is 23.7 Å². The fraction of sp³-hybridized carbons (Fsp3) is 0.464. The molecule has 0 atom stereocenters. The molecule has 1 aromatic carbocycles. The number of nitrogens with two attached hydrogens (primary N) is 1. The van der Waals surface area contributed by atoms with Gasteiger partial charge in [-0.25, -0.2) is 9.98 Å². The highest BCUT2D eigenvalue weighted by Crippen LogP contribution is 2.19. The Kier molecular flexibility index (Phi) is 13.0. The van der Waals surface area contributed by atoms with E-state index >= 15 is 0 Å². The SMILES string of the molecule is C#C.COc1ccc(N=C(N)NC(=O)c2sc(C)nc2C)cc1.O=C(CN1CCCCCC1=O)N1CCCC1. The summed E-state index contributed by atoms with van der Waals surface area (Å²) in [5, 5.41) is 3.39. The van der Waals surface area contributed by atoms with Crippen LogP contribution in [0.4, 0.5) is 5.69 Å². The van der Waals surface area contributed by atoms with Crippen LogP contribution in [0.5, 0.6) is 5.75 Å². The Morgan fingerprint density at radius 2 is 1.72 bits per heavy atom. The fourth-order valence-electron chi connectivity index (χ4n) is 4.17. The van der Waals surface area contributed by atoms with Crippen LogP contribution in [0.1, 0.15) is 58.9 Å². The van der Waals surface area contributed by atoms with Crippen molar-refractivity contribution in [2.75, 3.05) is 33.3 Å². The van der Waals surface area contributed by atoms with Crippen molar-refractivity contribution in [3.8, 4) is 18.6 Å². The van der Waals surface area contributed by atoms with Crippen LogP contribution >= 0.6 is 11.3 Å². The number of aromatic nitrogens is 1. The van der Waals surface area contributed by atoms with E-state index in [1.165, 1.54) is 11.3 Å². The number of thiazole rings is 1. The molecule has 1 aromatic heterocycles. The van der Waals surface area contributed by atoms with Crippen LogP contribution in [0.15, 0.2) is 29.3 Å². The quantitative estimate of drug-likeness (QED) is 0.331. The van der Waals surface area contributed by atoms with E-state index in [1.54, 1.807) is 43.2 Å². The molecule has 4 rings (SSSR count). The molecule has 3 N–H and O–H groups in total. The number of nitrogens with zero attached hydrogens (tertiary/aromatic N) is 4. The summed E-state index contributed by atoms with van der Waals surface area (Å²) in [5.41, 5.74) is 7.06. The topological polar surface area (TPSA) is 130 Å². The molecular formula is C28H38N6O4S. The average Bonchev–Trinajstić information content (AvgIpc) is 3.54. The Morgan fingerprint density at radius 1 is 1.08 bits per heavy atom. The summed E-state index contributed by atoms with van der Waals surface area (Å²) in [5.74, 6) is 0.758. The molecule has 0 radical (unpaired) electrons. The number of aliphatic imine (C=N–C) groups is 1. The molecule has 3 heterocycles.